The number of carbonyl (C=O) groups is 1. The standard InChI is InChI=1S/C17H23N3O4/c1-12-9-14(13(2)20(12)15-5-8-24-18-15)16(21)19-7-6-17(19,10-22-3)11-23-4/h5,8-9H,6-7,10-11H2,1-4H3. The van der Waals surface area contributed by atoms with E-state index in [1.807, 2.05) is 29.4 Å². The van der Waals surface area contributed by atoms with E-state index >= 15 is 0 Å². The second-order valence-corrected chi connectivity index (χ2v) is 6.28. The predicted octanol–water partition coefficient (Wildman–Crippen LogP) is 1.96. The van der Waals surface area contributed by atoms with E-state index in [1.54, 1.807) is 20.3 Å². The van der Waals surface area contributed by atoms with E-state index < -0.39 is 0 Å². The number of ether oxygens (including phenoxy) is 2. The normalized spacial score (nSPS) is 16.2. The lowest BCUT2D eigenvalue weighted by atomic mass is 9.85. The minimum atomic E-state index is -0.378. The van der Waals surface area contributed by atoms with Crippen LogP contribution in [0, 0.1) is 13.8 Å². The Kier molecular flexibility index (Phi) is 4.47. The number of hydrogen-bond acceptors (Lipinski definition) is 5. The van der Waals surface area contributed by atoms with Crippen molar-refractivity contribution >= 4 is 5.91 Å². The smallest absolute Gasteiger partial charge is 0.256 e. The molecule has 1 saturated heterocycles. The van der Waals surface area contributed by atoms with Gasteiger partial charge in [0.15, 0.2) is 5.82 Å². The second kappa shape index (κ2) is 6.41. The van der Waals surface area contributed by atoms with Gasteiger partial charge in [0.25, 0.3) is 5.91 Å². The van der Waals surface area contributed by atoms with Crippen molar-refractivity contribution in [3.63, 3.8) is 0 Å². The van der Waals surface area contributed by atoms with E-state index in [0.29, 0.717) is 31.1 Å². The number of carbonyl (C=O) groups excluding carboxylic acids is 1. The zero-order valence-electron chi connectivity index (χ0n) is 14.5. The summed E-state index contributed by atoms with van der Waals surface area (Å²) in [5.74, 6) is 0.672. The Balaban J connectivity index is 1.92. The molecule has 0 N–H and O–H groups in total. The molecule has 1 aliphatic heterocycles. The molecule has 7 heteroatoms. The molecule has 0 radical (unpaired) electrons. The molecule has 1 fully saturated rings. The van der Waals surface area contributed by atoms with Gasteiger partial charge in [-0.25, -0.2) is 0 Å². The first-order valence-electron chi connectivity index (χ1n) is 7.93. The maximum atomic E-state index is 13.1. The van der Waals surface area contributed by atoms with E-state index in [1.165, 1.54) is 6.26 Å². The van der Waals surface area contributed by atoms with Crippen LogP contribution in [0.5, 0.6) is 0 Å². The molecule has 0 saturated carbocycles. The number of aryl methyl sites for hydroxylation is 1. The molecule has 0 aromatic carbocycles. The van der Waals surface area contributed by atoms with Gasteiger partial charge in [-0.1, -0.05) is 5.16 Å². The quantitative estimate of drug-likeness (QED) is 0.808. The largest absolute Gasteiger partial charge is 0.382 e. The van der Waals surface area contributed by atoms with Crippen LogP contribution in [0.15, 0.2) is 22.9 Å². The Morgan fingerprint density at radius 3 is 2.54 bits per heavy atom. The summed E-state index contributed by atoms with van der Waals surface area (Å²) in [4.78, 5) is 15.0. The molecule has 3 heterocycles. The fraction of sp³-hybridized carbons (Fsp3) is 0.529. The highest BCUT2D eigenvalue weighted by Crippen LogP contribution is 2.34. The summed E-state index contributed by atoms with van der Waals surface area (Å²) >= 11 is 0. The minimum Gasteiger partial charge on any atom is -0.382 e. The second-order valence-electron chi connectivity index (χ2n) is 6.28. The van der Waals surface area contributed by atoms with E-state index in [2.05, 4.69) is 5.16 Å². The van der Waals surface area contributed by atoms with Gasteiger partial charge < -0.3 is 18.9 Å². The molecule has 24 heavy (non-hydrogen) atoms. The molecule has 1 aliphatic rings. The van der Waals surface area contributed by atoms with Crippen LogP contribution >= 0.6 is 0 Å². The van der Waals surface area contributed by atoms with E-state index in [9.17, 15) is 4.79 Å². The van der Waals surface area contributed by atoms with E-state index in [-0.39, 0.29) is 11.4 Å². The van der Waals surface area contributed by atoms with Gasteiger partial charge in [0, 0.05) is 38.2 Å². The Morgan fingerprint density at radius 1 is 1.33 bits per heavy atom. The zero-order valence-corrected chi connectivity index (χ0v) is 14.5. The number of methoxy groups -OCH3 is 2. The van der Waals surface area contributed by atoms with Crippen LogP contribution < -0.4 is 0 Å². The van der Waals surface area contributed by atoms with Crippen molar-refractivity contribution in [2.24, 2.45) is 0 Å². The van der Waals surface area contributed by atoms with Gasteiger partial charge in [-0.3, -0.25) is 9.36 Å². The van der Waals surface area contributed by atoms with Crippen LogP contribution in [0.2, 0.25) is 0 Å². The molecule has 0 aliphatic carbocycles. The molecule has 0 unspecified atom stereocenters. The average molecular weight is 333 g/mol. The summed E-state index contributed by atoms with van der Waals surface area (Å²) in [6.07, 6.45) is 2.40. The molecule has 0 atom stereocenters. The third-order valence-electron chi connectivity index (χ3n) is 4.76. The van der Waals surface area contributed by atoms with Crippen LogP contribution in [-0.4, -0.2) is 60.0 Å². The lowest BCUT2D eigenvalue weighted by Gasteiger charge is -2.52. The number of aromatic nitrogens is 2. The first-order chi connectivity index (χ1) is 11.5. The molecular formula is C17H23N3O4. The van der Waals surface area contributed by atoms with Crippen molar-refractivity contribution in [3.05, 3.63) is 35.3 Å². The highest BCUT2D eigenvalue weighted by Gasteiger charge is 2.48. The molecule has 0 bridgehead atoms. The first-order valence-corrected chi connectivity index (χ1v) is 7.93. The van der Waals surface area contributed by atoms with Gasteiger partial charge in [0.05, 0.1) is 24.3 Å². The molecule has 7 nitrogen and oxygen atoms in total. The summed E-state index contributed by atoms with van der Waals surface area (Å²) in [6, 6.07) is 3.67. The number of likely N-dealkylation sites (tertiary alicyclic amines) is 1. The molecule has 0 spiro atoms. The van der Waals surface area contributed by atoms with Crippen LogP contribution in [0.3, 0.4) is 0 Å². The fourth-order valence-corrected chi connectivity index (χ4v) is 3.53. The van der Waals surface area contributed by atoms with Crippen LogP contribution in [0.25, 0.3) is 5.82 Å². The van der Waals surface area contributed by atoms with Crippen LogP contribution in [-0.2, 0) is 9.47 Å². The Bertz CT molecular complexity index is 715. The molecular weight excluding hydrogens is 310 g/mol. The average Bonchev–Trinajstić information content (AvgIpc) is 3.13. The van der Waals surface area contributed by atoms with Gasteiger partial charge in [0.1, 0.15) is 6.26 Å². The Hall–Kier alpha value is -2.12. The maximum absolute atomic E-state index is 13.1. The lowest BCUT2D eigenvalue weighted by Crippen LogP contribution is -2.66. The molecule has 2 aromatic heterocycles. The molecule has 3 rings (SSSR count). The van der Waals surface area contributed by atoms with Crippen molar-refractivity contribution in [2.45, 2.75) is 25.8 Å². The zero-order chi connectivity index (χ0) is 17.3. The Labute approximate surface area is 141 Å². The van der Waals surface area contributed by atoms with Crippen molar-refractivity contribution in [1.82, 2.24) is 14.6 Å². The third-order valence-corrected chi connectivity index (χ3v) is 4.76. The van der Waals surface area contributed by atoms with Gasteiger partial charge in [0.2, 0.25) is 0 Å². The molecule has 2 aromatic rings. The third kappa shape index (κ3) is 2.53. The number of rotatable bonds is 6. The number of nitrogens with zero attached hydrogens (tertiary/aromatic N) is 3. The summed E-state index contributed by atoms with van der Waals surface area (Å²) in [5.41, 5.74) is 2.08. The number of amides is 1. The summed E-state index contributed by atoms with van der Waals surface area (Å²) in [5, 5.41) is 3.97. The topological polar surface area (TPSA) is 69.7 Å². The van der Waals surface area contributed by atoms with Gasteiger partial charge >= 0.3 is 0 Å². The summed E-state index contributed by atoms with van der Waals surface area (Å²) in [7, 11) is 3.30. The van der Waals surface area contributed by atoms with Gasteiger partial charge in [-0.05, 0) is 26.3 Å². The minimum absolute atomic E-state index is 0.00167. The summed E-state index contributed by atoms with van der Waals surface area (Å²) in [6.45, 7) is 5.51. The maximum Gasteiger partial charge on any atom is 0.256 e. The monoisotopic (exact) mass is 333 g/mol. The summed E-state index contributed by atoms with van der Waals surface area (Å²) < 4.78 is 17.5. The van der Waals surface area contributed by atoms with Gasteiger partial charge in [-0.15, -0.1) is 0 Å². The van der Waals surface area contributed by atoms with Crippen LogP contribution in [0.1, 0.15) is 28.2 Å². The van der Waals surface area contributed by atoms with Crippen molar-refractivity contribution in [2.75, 3.05) is 34.0 Å². The van der Waals surface area contributed by atoms with Crippen molar-refractivity contribution in [3.8, 4) is 5.82 Å². The Morgan fingerprint density at radius 2 is 2.04 bits per heavy atom. The van der Waals surface area contributed by atoms with E-state index in [0.717, 1.165) is 17.8 Å². The highest BCUT2D eigenvalue weighted by molar-refractivity contribution is 5.97. The van der Waals surface area contributed by atoms with Crippen LogP contribution in [0.4, 0.5) is 0 Å². The first kappa shape index (κ1) is 16.7. The van der Waals surface area contributed by atoms with Gasteiger partial charge in [-0.2, -0.15) is 0 Å². The SMILES string of the molecule is COCC1(COC)CCN1C(=O)c1cc(C)n(-c2ccon2)c1C. The molecule has 1 amide bonds. The number of hydrogen-bond donors (Lipinski definition) is 0. The van der Waals surface area contributed by atoms with Crippen molar-refractivity contribution < 1.29 is 18.8 Å². The predicted molar refractivity (Wildman–Crippen MR) is 87.4 cm³/mol. The van der Waals surface area contributed by atoms with Crippen molar-refractivity contribution in [1.29, 1.82) is 0 Å². The molecule has 130 valence electrons. The van der Waals surface area contributed by atoms with E-state index in [4.69, 9.17) is 14.0 Å². The highest BCUT2D eigenvalue weighted by atomic mass is 16.5. The fourth-order valence-electron chi connectivity index (χ4n) is 3.53. The lowest BCUT2D eigenvalue weighted by molar-refractivity contribution is -0.0816.